The van der Waals surface area contributed by atoms with Crippen LogP contribution in [-0.2, 0) is 6.42 Å². The van der Waals surface area contributed by atoms with E-state index in [4.69, 9.17) is 0 Å². The lowest BCUT2D eigenvalue weighted by atomic mass is 10.0. The number of nitrogens with one attached hydrogen (secondary N) is 1. The fourth-order valence-electron chi connectivity index (χ4n) is 3.34. The molecular formula is C18H21N5. The zero-order valence-electron chi connectivity index (χ0n) is 13.5. The summed E-state index contributed by atoms with van der Waals surface area (Å²) in [6, 6.07) is 10.9. The summed E-state index contributed by atoms with van der Waals surface area (Å²) in [4.78, 5) is 8.80. The van der Waals surface area contributed by atoms with Crippen LogP contribution in [0.1, 0.15) is 48.9 Å². The van der Waals surface area contributed by atoms with Crippen molar-refractivity contribution in [2.75, 3.05) is 11.9 Å². The minimum atomic E-state index is 0.365. The van der Waals surface area contributed by atoms with Crippen LogP contribution in [0, 0.1) is 0 Å². The molecule has 2 heterocycles. The molecule has 1 atom stereocenters. The van der Waals surface area contributed by atoms with Crippen LogP contribution >= 0.6 is 0 Å². The summed E-state index contributed by atoms with van der Waals surface area (Å²) in [6.07, 6.45) is 3.94. The van der Waals surface area contributed by atoms with Gasteiger partial charge in [-0.1, -0.05) is 38.1 Å². The zero-order valence-corrected chi connectivity index (χ0v) is 13.5. The number of fused-ring (bicyclic) bond motifs is 2. The molecule has 1 unspecified atom stereocenters. The van der Waals surface area contributed by atoms with Crippen molar-refractivity contribution < 1.29 is 0 Å². The monoisotopic (exact) mass is 307 g/mol. The molecule has 1 aliphatic carbocycles. The predicted octanol–water partition coefficient (Wildman–Crippen LogP) is 3.39. The smallest absolute Gasteiger partial charge is 0.254 e. The molecule has 0 spiro atoms. The fraction of sp³-hybridized carbons (Fsp3) is 0.389. The Labute approximate surface area is 135 Å². The Morgan fingerprint density at radius 1 is 1.30 bits per heavy atom. The SMILES string of the molecule is CC(C)c1cc(NCC2CCc3ccccc32)n2ncnc2n1. The van der Waals surface area contributed by atoms with Gasteiger partial charge in [0.2, 0.25) is 0 Å². The minimum absolute atomic E-state index is 0.365. The van der Waals surface area contributed by atoms with Gasteiger partial charge in [0.1, 0.15) is 12.1 Å². The Bertz CT molecular complexity index is 836. The standard InChI is InChI=1S/C18H21N5/c1-12(2)16-9-17(23-18(22-16)20-11-21-23)19-10-14-8-7-13-5-3-4-6-15(13)14/h3-6,9,11-12,14,19H,7-8,10H2,1-2H3. The lowest BCUT2D eigenvalue weighted by Crippen LogP contribution is -2.14. The van der Waals surface area contributed by atoms with Gasteiger partial charge in [-0.2, -0.15) is 14.6 Å². The van der Waals surface area contributed by atoms with Crippen molar-refractivity contribution in [3.63, 3.8) is 0 Å². The van der Waals surface area contributed by atoms with E-state index >= 15 is 0 Å². The van der Waals surface area contributed by atoms with Crippen LogP contribution in [0.15, 0.2) is 36.7 Å². The van der Waals surface area contributed by atoms with Gasteiger partial charge in [-0.05, 0) is 29.9 Å². The summed E-state index contributed by atoms with van der Waals surface area (Å²) in [5, 5.41) is 7.86. The molecule has 1 aromatic carbocycles. The lowest BCUT2D eigenvalue weighted by molar-refractivity contribution is 0.703. The second-order valence-electron chi connectivity index (χ2n) is 6.51. The Morgan fingerprint density at radius 2 is 2.17 bits per heavy atom. The Kier molecular flexibility index (Phi) is 3.48. The first kappa shape index (κ1) is 14.2. The highest BCUT2D eigenvalue weighted by molar-refractivity contribution is 5.46. The van der Waals surface area contributed by atoms with Crippen LogP contribution in [0.2, 0.25) is 0 Å². The molecule has 0 amide bonds. The highest BCUT2D eigenvalue weighted by atomic mass is 15.3. The van der Waals surface area contributed by atoms with Crippen molar-refractivity contribution >= 4 is 11.6 Å². The Balaban J connectivity index is 1.60. The Morgan fingerprint density at radius 3 is 3.04 bits per heavy atom. The van der Waals surface area contributed by atoms with Crippen LogP contribution in [0.25, 0.3) is 5.78 Å². The van der Waals surface area contributed by atoms with Gasteiger partial charge in [0.15, 0.2) is 0 Å². The molecule has 118 valence electrons. The van der Waals surface area contributed by atoms with Gasteiger partial charge in [0, 0.05) is 18.5 Å². The van der Waals surface area contributed by atoms with Crippen LogP contribution in [0.5, 0.6) is 0 Å². The normalized spacial score (nSPS) is 16.9. The lowest BCUT2D eigenvalue weighted by Gasteiger charge is -2.15. The van der Waals surface area contributed by atoms with E-state index in [0.29, 0.717) is 17.6 Å². The van der Waals surface area contributed by atoms with Crippen molar-refractivity contribution in [2.24, 2.45) is 0 Å². The number of anilines is 1. The molecule has 1 aliphatic rings. The van der Waals surface area contributed by atoms with E-state index in [-0.39, 0.29) is 0 Å². The quantitative estimate of drug-likeness (QED) is 0.802. The Hall–Kier alpha value is -2.43. The molecule has 4 rings (SSSR count). The maximum Gasteiger partial charge on any atom is 0.254 e. The minimum Gasteiger partial charge on any atom is -0.369 e. The molecule has 5 heteroatoms. The van der Waals surface area contributed by atoms with Crippen molar-refractivity contribution in [1.82, 2.24) is 19.6 Å². The van der Waals surface area contributed by atoms with Gasteiger partial charge in [0.05, 0.1) is 5.69 Å². The first-order valence-electron chi connectivity index (χ1n) is 8.24. The van der Waals surface area contributed by atoms with Gasteiger partial charge in [0.25, 0.3) is 5.78 Å². The molecule has 0 saturated heterocycles. The van der Waals surface area contributed by atoms with E-state index in [1.165, 1.54) is 24.0 Å². The van der Waals surface area contributed by atoms with Crippen molar-refractivity contribution in [3.8, 4) is 0 Å². The summed E-state index contributed by atoms with van der Waals surface area (Å²) in [5.74, 6) is 2.55. The first-order chi connectivity index (χ1) is 11.2. The van der Waals surface area contributed by atoms with Crippen molar-refractivity contribution in [1.29, 1.82) is 0 Å². The molecule has 0 saturated carbocycles. The third kappa shape index (κ3) is 2.56. The maximum absolute atomic E-state index is 4.56. The van der Waals surface area contributed by atoms with Crippen LogP contribution in [0.3, 0.4) is 0 Å². The third-order valence-electron chi connectivity index (χ3n) is 4.65. The molecule has 0 radical (unpaired) electrons. The molecule has 2 aromatic heterocycles. The largest absolute Gasteiger partial charge is 0.369 e. The molecular weight excluding hydrogens is 286 g/mol. The summed E-state index contributed by atoms with van der Waals surface area (Å²) >= 11 is 0. The molecule has 0 bridgehead atoms. The van der Waals surface area contributed by atoms with E-state index < -0.39 is 0 Å². The van der Waals surface area contributed by atoms with E-state index in [2.05, 4.69) is 64.6 Å². The molecule has 1 N–H and O–H groups in total. The van der Waals surface area contributed by atoms with Gasteiger partial charge in [-0.25, -0.2) is 4.98 Å². The molecule has 5 nitrogen and oxygen atoms in total. The summed E-state index contributed by atoms with van der Waals surface area (Å²) in [5.41, 5.74) is 4.01. The summed E-state index contributed by atoms with van der Waals surface area (Å²) in [7, 11) is 0. The number of benzene rings is 1. The topological polar surface area (TPSA) is 55.1 Å². The van der Waals surface area contributed by atoms with Gasteiger partial charge in [-0.3, -0.25) is 0 Å². The van der Waals surface area contributed by atoms with Gasteiger partial charge in [-0.15, -0.1) is 0 Å². The van der Waals surface area contributed by atoms with Crippen molar-refractivity contribution in [3.05, 3.63) is 53.5 Å². The molecule has 23 heavy (non-hydrogen) atoms. The summed E-state index contributed by atoms with van der Waals surface area (Å²) in [6.45, 7) is 5.20. The highest BCUT2D eigenvalue weighted by Gasteiger charge is 2.22. The first-order valence-corrected chi connectivity index (χ1v) is 8.24. The van der Waals surface area contributed by atoms with Crippen LogP contribution < -0.4 is 5.32 Å². The van der Waals surface area contributed by atoms with E-state index in [1.807, 2.05) is 0 Å². The fourth-order valence-corrected chi connectivity index (χ4v) is 3.34. The zero-order chi connectivity index (χ0) is 15.8. The highest BCUT2D eigenvalue weighted by Crippen LogP contribution is 2.33. The molecule has 0 aliphatic heterocycles. The second-order valence-corrected chi connectivity index (χ2v) is 6.51. The molecule has 3 aromatic rings. The van der Waals surface area contributed by atoms with Gasteiger partial charge >= 0.3 is 0 Å². The number of nitrogens with zero attached hydrogens (tertiary/aromatic N) is 4. The van der Waals surface area contributed by atoms with E-state index in [1.54, 1.807) is 10.8 Å². The van der Waals surface area contributed by atoms with E-state index in [0.717, 1.165) is 18.1 Å². The number of hydrogen-bond acceptors (Lipinski definition) is 4. The molecule has 0 fully saturated rings. The van der Waals surface area contributed by atoms with Crippen molar-refractivity contribution in [2.45, 2.75) is 38.5 Å². The average Bonchev–Trinajstić information content (AvgIpc) is 3.19. The average molecular weight is 307 g/mol. The van der Waals surface area contributed by atoms with Gasteiger partial charge < -0.3 is 5.32 Å². The number of aryl methyl sites for hydroxylation is 1. The van der Waals surface area contributed by atoms with Crippen LogP contribution in [0.4, 0.5) is 5.82 Å². The third-order valence-corrected chi connectivity index (χ3v) is 4.65. The number of rotatable bonds is 4. The van der Waals surface area contributed by atoms with Crippen LogP contribution in [-0.4, -0.2) is 26.1 Å². The second kappa shape index (κ2) is 5.65. The number of aromatic nitrogens is 4. The summed E-state index contributed by atoms with van der Waals surface area (Å²) < 4.78 is 1.78. The van der Waals surface area contributed by atoms with E-state index in [9.17, 15) is 0 Å². The number of hydrogen-bond donors (Lipinski definition) is 1. The predicted molar refractivity (Wildman–Crippen MR) is 90.9 cm³/mol. The maximum atomic E-state index is 4.56.